The van der Waals surface area contributed by atoms with E-state index in [0.717, 1.165) is 21.9 Å². The third-order valence-electron chi connectivity index (χ3n) is 4.88. The van der Waals surface area contributed by atoms with Gasteiger partial charge in [0.15, 0.2) is 0 Å². The molecule has 0 spiro atoms. The molecular weight excluding hydrogens is 368 g/mol. The number of fused-ring (bicyclic) bond motifs is 1. The van der Waals surface area contributed by atoms with E-state index in [2.05, 4.69) is 0 Å². The van der Waals surface area contributed by atoms with Crippen molar-refractivity contribution in [2.45, 2.75) is 17.9 Å². The Labute approximate surface area is 162 Å². The number of rotatable bonds is 3. The number of para-hydroxylation sites is 1. The van der Waals surface area contributed by atoms with Crippen molar-refractivity contribution >= 4 is 40.9 Å². The van der Waals surface area contributed by atoms with Crippen LogP contribution in [0.1, 0.15) is 12.0 Å². The molecule has 0 bridgehead atoms. The van der Waals surface area contributed by atoms with E-state index in [1.165, 1.54) is 0 Å². The van der Waals surface area contributed by atoms with Crippen LogP contribution in [0.4, 0.5) is 5.69 Å². The lowest BCUT2D eigenvalue weighted by Crippen LogP contribution is -2.40. The van der Waals surface area contributed by atoms with E-state index in [0.29, 0.717) is 24.7 Å². The monoisotopic (exact) mass is 386 g/mol. The summed E-state index contributed by atoms with van der Waals surface area (Å²) in [4.78, 5) is 30.2. The van der Waals surface area contributed by atoms with Crippen LogP contribution in [0.3, 0.4) is 0 Å². The largest absolute Gasteiger partial charge is 0.337 e. The van der Waals surface area contributed by atoms with E-state index >= 15 is 0 Å². The van der Waals surface area contributed by atoms with Crippen molar-refractivity contribution in [3.8, 4) is 0 Å². The number of anilines is 1. The first-order valence-corrected chi connectivity index (χ1v) is 10.0. The van der Waals surface area contributed by atoms with Crippen molar-refractivity contribution in [3.05, 3.63) is 59.1 Å². The zero-order valence-electron chi connectivity index (χ0n) is 14.2. The van der Waals surface area contributed by atoms with Crippen LogP contribution < -0.4 is 4.90 Å². The Balaban J connectivity index is 1.49. The van der Waals surface area contributed by atoms with Crippen LogP contribution in [-0.2, 0) is 16.1 Å². The highest BCUT2D eigenvalue weighted by Gasteiger charge is 2.38. The highest BCUT2D eigenvalue weighted by Crippen LogP contribution is 2.36. The van der Waals surface area contributed by atoms with Crippen LogP contribution >= 0.6 is 23.4 Å². The van der Waals surface area contributed by atoms with Gasteiger partial charge >= 0.3 is 0 Å². The summed E-state index contributed by atoms with van der Waals surface area (Å²) in [5.74, 6) is 0.657. The van der Waals surface area contributed by atoms with Gasteiger partial charge in [-0.3, -0.25) is 9.59 Å². The molecule has 4 rings (SSSR count). The summed E-state index contributed by atoms with van der Waals surface area (Å²) in [6.07, 6.45) is 0.273. The fourth-order valence-electron chi connectivity index (χ4n) is 3.54. The Morgan fingerprint density at radius 1 is 1.15 bits per heavy atom. The summed E-state index contributed by atoms with van der Waals surface area (Å²) in [5.41, 5.74) is 1.88. The molecule has 6 heteroatoms. The summed E-state index contributed by atoms with van der Waals surface area (Å²) in [7, 11) is 0. The Morgan fingerprint density at radius 2 is 1.92 bits per heavy atom. The van der Waals surface area contributed by atoms with Gasteiger partial charge in [0.2, 0.25) is 11.8 Å². The summed E-state index contributed by atoms with van der Waals surface area (Å²) in [6, 6.07) is 15.5. The molecule has 26 heavy (non-hydrogen) atoms. The van der Waals surface area contributed by atoms with Crippen LogP contribution in [0.25, 0.3) is 0 Å². The van der Waals surface area contributed by atoms with Gasteiger partial charge in [-0.2, -0.15) is 0 Å². The van der Waals surface area contributed by atoms with Crippen LogP contribution in [0.15, 0.2) is 53.4 Å². The third kappa shape index (κ3) is 3.33. The number of hydrogen-bond acceptors (Lipinski definition) is 3. The topological polar surface area (TPSA) is 40.6 Å². The molecule has 1 fully saturated rings. The van der Waals surface area contributed by atoms with Gasteiger partial charge in [0.25, 0.3) is 0 Å². The highest BCUT2D eigenvalue weighted by molar-refractivity contribution is 7.99. The molecule has 1 saturated heterocycles. The van der Waals surface area contributed by atoms with Crippen molar-refractivity contribution in [2.24, 2.45) is 5.92 Å². The van der Waals surface area contributed by atoms with Crippen LogP contribution in [0.5, 0.6) is 0 Å². The van der Waals surface area contributed by atoms with Gasteiger partial charge in [0.1, 0.15) is 0 Å². The molecule has 2 aromatic rings. The van der Waals surface area contributed by atoms with Gasteiger partial charge in [-0.15, -0.1) is 11.8 Å². The van der Waals surface area contributed by atoms with Crippen molar-refractivity contribution < 1.29 is 9.59 Å². The molecule has 2 aromatic carbocycles. The van der Waals surface area contributed by atoms with E-state index in [1.807, 2.05) is 53.4 Å². The average molecular weight is 387 g/mol. The smallest absolute Gasteiger partial charge is 0.232 e. The maximum absolute atomic E-state index is 13.1. The number of thioether (sulfide) groups is 1. The lowest BCUT2D eigenvalue weighted by molar-refractivity contribution is -0.128. The second-order valence-corrected chi connectivity index (χ2v) is 8.12. The number of halogens is 1. The fraction of sp³-hybridized carbons (Fsp3) is 0.300. The second kappa shape index (κ2) is 7.33. The predicted molar refractivity (Wildman–Crippen MR) is 104 cm³/mol. The number of benzene rings is 2. The molecule has 2 amide bonds. The normalized spacial score (nSPS) is 19.6. The third-order valence-corrected chi connectivity index (χ3v) is 6.29. The quantitative estimate of drug-likeness (QED) is 0.805. The lowest BCUT2D eigenvalue weighted by Gasteiger charge is -2.30. The van der Waals surface area contributed by atoms with E-state index in [9.17, 15) is 9.59 Å². The Kier molecular flexibility index (Phi) is 4.92. The maximum atomic E-state index is 13.1. The van der Waals surface area contributed by atoms with E-state index in [4.69, 9.17) is 11.6 Å². The molecular formula is C20H19ClN2O2S. The first-order valence-electron chi connectivity index (χ1n) is 8.68. The first kappa shape index (κ1) is 17.4. The Morgan fingerprint density at radius 3 is 2.77 bits per heavy atom. The maximum Gasteiger partial charge on any atom is 0.232 e. The van der Waals surface area contributed by atoms with Crippen molar-refractivity contribution in [1.82, 2.24) is 4.90 Å². The molecule has 0 aromatic heterocycles. The number of likely N-dealkylation sites (tertiary alicyclic amines) is 1. The Bertz CT molecular complexity index is 857. The standard InChI is InChI=1S/C20H19ClN2O2S/c21-16-6-2-1-5-14(16)12-22-13-15(11-19(22)24)20(25)23-9-10-26-18-8-4-3-7-17(18)23/h1-8,15H,9-13H2. The van der Waals surface area contributed by atoms with Gasteiger partial charge < -0.3 is 9.80 Å². The molecule has 1 atom stereocenters. The van der Waals surface area contributed by atoms with Gasteiger partial charge in [-0.05, 0) is 23.8 Å². The summed E-state index contributed by atoms with van der Waals surface area (Å²) < 4.78 is 0. The molecule has 2 aliphatic rings. The molecule has 0 aliphatic carbocycles. The average Bonchev–Trinajstić information content (AvgIpc) is 3.03. The first-order chi connectivity index (χ1) is 12.6. The summed E-state index contributed by atoms with van der Waals surface area (Å²) >= 11 is 7.98. The molecule has 4 nitrogen and oxygen atoms in total. The second-order valence-electron chi connectivity index (χ2n) is 6.57. The zero-order chi connectivity index (χ0) is 18.1. The number of carbonyl (C=O) groups excluding carboxylic acids is 2. The SMILES string of the molecule is O=C1CC(C(=O)N2CCSc3ccccc32)CN1Cc1ccccc1Cl. The molecule has 0 radical (unpaired) electrons. The zero-order valence-corrected chi connectivity index (χ0v) is 15.8. The minimum Gasteiger partial charge on any atom is -0.337 e. The van der Waals surface area contributed by atoms with Gasteiger partial charge in [-0.1, -0.05) is 41.9 Å². The van der Waals surface area contributed by atoms with Crippen molar-refractivity contribution in [1.29, 1.82) is 0 Å². The van der Waals surface area contributed by atoms with Crippen molar-refractivity contribution in [3.63, 3.8) is 0 Å². The number of carbonyl (C=O) groups is 2. The minimum atomic E-state index is -0.291. The molecule has 2 aliphatic heterocycles. The molecule has 0 N–H and O–H groups in total. The fourth-order valence-corrected chi connectivity index (χ4v) is 4.73. The Hall–Kier alpha value is -1.98. The van der Waals surface area contributed by atoms with Crippen LogP contribution in [-0.4, -0.2) is 35.6 Å². The molecule has 134 valence electrons. The molecule has 0 saturated carbocycles. The van der Waals surface area contributed by atoms with Gasteiger partial charge in [0, 0.05) is 41.7 Å². The number of amides is 2. The van der Waals surface area contributed by atoms with E-state index in [1.54, 1.807) is 16.7 Å². The highest BCUT2D eigenvalue weighted by atomic mass is 35.5. The molecule has 2 heterocycles. The molecule has 1 unspecified atom stereocenters. The number of hydrogen-bond donors (Lipinski definition) is 0. The van der Waals surface area contributed by atoms with Crippen LogP contribution in [0.2, 0.25) is 5.02 Å². The predicted octanol–water partition coefficient (Wildman–Crippen LogP) is 3.83. The minimum absolute atomic E-state index is 0.0166. The number of nitrogens with zero attached hydrogens (tertiary/aromatic N) is 2. The summed E-state index contributed by atoms with van der Waals surface area (Å²) in [6.45, 7) is 1.60. The lowest BCUT2D eigenvalue weighted by atomic mass is 10.1. The van der Waals surface area contributed by atoms with E-state index < -0.39 is 0 Å². The van der Waals surface area contributed by atoms with Crippen LogP contribution in [0, 0.1) is 5.92 Å². The summed E-state index contributed by atoms with van der Waals surface area (Å²) in [5, 5.41) is 0.650. The van der Waals surface area contributed by atoms with Gasteiger partial charge in [-0.25, -0.2) is 0 Å². The van der Waals surface area contributed by atoms with Gasteiger partial charge in [0.05, 0.1) is 11.6 Å². The van der Waals surface area contributed by atoms with E-state index in [-0.39, 0.29) is 24.2 Å². The van der Waals surface area contributed by atoms with Crippen molar-refractivity contribution in [2.75, 3.05) is 23.7 Å².